The summed E-state index contributed by atoms with van der Waals surface area (Å²) in [5.74, 6) is 3.67. The number of benzene rings is 1. The molecule has 1 aliphatic rings. The second-order valence-corrected chi connectivity index (χ2v) is 8.80. The predicted octanol–water partition coefficient (Wildman–Crippen LogP) is 3.98. The maximum atomic E-state index is 12.0. The van der Waals surface area contributed by atoms with E-state index in [2.05, 4.69) is 16.4 Å². The number of nitrogens with one attached hydrogen (secondary N) is 1. The lowest BCUT2D eigenvalue weighted by atomic mass is 10.3. The number of thiazole rings is 1. The Labute approximate surface area is 146 Å². The number of nitrogens with zero attached hydrogens (tertiary/aromatic N) is 1. The lowest BCUT2D eigenvalue weighted by Crippen LogP contribution is -2.29. The van der Waals surface area contributed by atoms with Crippen LogP contribution in [-0.2, 0) is 11.3 Å². The van der Waals surface area contributed by atoms with Crippen LogP contribution in [-0.4, -0.2) is 27.0 Å². The minimum absolute atomic E-state index is 0.0219. The maximum absolute atomic E-state index is 12.0. The molecule has 23 heavy (non-hydrogen) atoms. The van der Waals surface area contributed by atoms with Crippen molar-refractivity contribution in [2.45, 2.75) is 11.1 Å². The van der Waals surface area contributed by atoms with E-state index in [-0.39, 0.29) is 10.5 Å². The van der Waals surface area contributed by atoms with Crippen LogP contribution in [0.1, 0.15) is 5.76 Å². The Bertz CT molecular complexity index is 804. The molecule has 7 heteroatoms. The Morgan fingerprint density at radius 2 is 2.04 bits per heavy atom. The van der Waals surface area contributed by atoms with E-state index in [0.29, 0.717) is 6.54 Å². The molecule has 4 nitrogen and oxygen atoms in total. The van der Waals surface area contributed by atoms with Crippen molar-refractivity contribution in [1.29, 1.82) is 0 Å². The Morgan fingerprint density at radius 3 is 2.87 bits per heavy atom. The van der Waals surface area contributed by atoms with Gasteiger partial charge in [-0.15, -0.1) is 34.9 Å². The molecule has 0 spiro atoms. The number of para-hydroxylation sites is 1. The van der Waals surface area contributed by atoms with E-state index in [1.54, 1.807) is 34.9 Å². The van der Waals surface area contributed by atoms with Crippen molar-refractivity contribution in [3.05, 3.63) is 42.2 Å². The molecule has 0 saturated carbocycles. The largest absolute Gasteiger partial charge is 0.457 e. The van der Waals surface area contributed by atoms with Crippen LogP contribution >= 0.6 is 34.9 Å². The number of thioether (sulfide) groups is 2. The summed E-state index contributed by atoms with van der Waals surface area (Å²) in [6, 6.07) is 11.9. The molecule has 4 rings (SSSR count). The molecule has 1 saturated heterocycles. The van der Waals surface area contributed by atoms with E-state index in [0.717, 1.165) is 38.3 Å². The lowest BCUT2D eigenvalue weighted by Gasteiger charge is -2.07. The van der Waals surface area contributed by atoms with Crippen molar-refractivity contribution < 1.29 is 9.21 Å². The molecule has 3 heterocycles. The quantitative estimate of drug-likeness (QED) is 0.761. The standard InChI is InChI=1S/C16H14N2O2S3/c19-14(16-21-7-8-22-16)17-9-10-5-6-12(20-10)15-18-11-3-1-2-4-13(11)23-15/h1-6,16H,7-9H2,(H,17,19). The fraction of sp³-hybridized carbons (Fsp3) is 0.250. The average Bonchev–Trinajstić information content (AvgIpc) is 3.31. The second kappa shape index (κ2) is 6.59. The van der Waals surface area contributed by atoms with Gasteiger partial charge in [0.05, 0.1) is 16.8 Å². The van der Waals surface area contributed by atoms with E-state index in [1.165, 1.54) is 0 Å². The third kappa shape index (κ3) is 3.27. The first-order chi connectivity index (χ1) is 11.3. The number of rotatable bonds is 4. The van der Waals surface area contributed by atoms with Gasteiger partial charge in [0.2, 0.25) is 5.91 Å². The van der Waals surface area contributed by atoms with E-state index in [1.807, 2.05) is 30.3 Å². The molecule has 0 bridgehead atoms. The van der Waals surface area contributed by atoms with E-state index < -0.39 is 0 Å². The highest BCUT2D eigenvalue weighted by atomic mass is 32.2. The summed E-state index contributed by atoms with van der Waals surface area (Å²) >= 11 is 5.01. The molecule has 1 fully saturated rings. The number of carbonyl (C=O) groups is 1. The van der Waals surface area contributed by atoms with Crippen molar-refractivity contribution in [1.82, 2.24) is 10.3 Å². The number of carbonyl (C=O) groups excluding carboxylic acids is 1. The topological polar surface area (TPSA) is 55.1 Å². The SMILES string of the molecule is O=C(NCc1ccc(-c2nc3ccccc3s2)o1)C1SCCS1. The summed E-state index contributed by atoms with van der Waals surface area (Å²) in [7, 11) is 0. The summed E-state index contributed by atoms with van der Waals surface area (Å²) in [6.45, 7) is 0.418. The molecule has 1 aromatic carbocycles. The zero-order valence-electron chi connectivity index (χ0n) is 12.2. The van der Waals surface area contributed by atoms with Gasteiger partial charge < -0.3 is 9.73 Å². The van der Waals surface area contributed by atoms with Crippen LogP contribution in [0, 0.1) is 0 Å². The number of fused-ring (bicyclic) bond motifs is 1. The third-order valence-electron chi connectivity index (χ3n) is 3.44. The second-order valence-electron chi connectivity index (χ2n) is 5.04. The summed E-state index contributed by atoms with van der Waals surface area (Å²) in [6.07, 6.45) is 0. The van der Waals surface area contributed by atoms with Crippen LogP contribution in [0.5, 0.6) is 0 Å². The summed E-state index contributed by atoms with van der Waals surface area (Å²) < 4.78 is 7.00. The maximum Gasteiger partial charge on any atom is 0.243 e. The van der Waals surface area contributed by atoms with E-state index >= 15 is 0 Å². The van der Waals surface area contributed by atoms with Gasteiger partial charge >= 0.3 is 0 Å². The van der Waals surface area contributed by atoms with Gasteiger partial charge in [-0.3, -0.25) is 4.79 Å². The van der Waals surface area contributed by atoms with Crippen LogP contribution in [0.2, 0.25) is 0 Å². The van der Waals surface area contributed by atoms with Crippen LogP contribution in [0.4, 0.5) is 0 Å². The first kappa shape index (κ1) is 15.1. The number of amides is 1. The number of furan rings is 1. The van der Waals surface area contributed by atoms with E-state index in [9.17, 15) is 4.79 Å². The fourth-order valence-corrected chi connectivity index (χ4v) is 5.89. The van der Waals surface area contributed by atoms with Gasteiger partial charge in [0.25, 0.3) is 0 Å². The highest BCUT2D eigenvalue weighted by molar-refractivity contribution is 8.21. The van der Waals surface area contributed by atoms with Crippen molar-refractivity contribution in [3.63, 3.8) is 0 Å². The monoisotopic (exact) mass is 362 g/mol. The normalized spacial score (nSPS) is 15.3. The number of aromatic nitrogens is 1. The van der Waals surface area contributed by atoms with Gasteiger partial charge in [0.1, 0.15) is 10.3 Å². The van der Waals surface area contributed by atoms with Crippen LogP contribution in [0.25, 0.3) is 21.0 Å². The van der Waals surface area contributed by atoms with Crippen molar-refractivity contribution >= 4 is 51.0 Å². The summed E-state index contributed by atoms with van der Waals surface area (Å²) in [5, 5.41) is 3.81. The fourth-order valence-electron chi connectivity index (χ4n) is 2.33. The molecule has 0 radical (unpaired) electrons. The van der Waals surface area contributed by atoms with E-state index in [4.69, 9.17) is 4.42 Å². The summed E-state index contributed by atoms with van der Waals surface area (Å²) in [4.78, 5) is 16.6. The first-order valence-electron chi connectivity index (χ1n) is 7.25. The number of hydrogen-bond acceptors (Lipinski definition) is 6. The van der Waals surface area contributed by atoms with Crippen LogP contribution < -0.4 is 5.32 Å². The van der Waals surface area contributed by atoms with Crippen molar-refractivity contribution in [2.24, 2.45) is 0 Å². The molecule has 2 aromatic heterocycles. The molecular weight excluding hydrogens is 348 g/mol. The Morgan fingerprint density at radius 1 is 1.22 bits per heavy atom. The smallest absolute Gasteiger partial charge is 0.243 e. The van der Waals surface area contributed by atoms with Gasteiger partial charge in [0, 0.05) is 11.5 Å². The van der Waals surface area contributed by atoms with Gasteiger partial charge in [-0.25, -0.2) is 4.98 Å². The minimum Gasteiger partial charge on any atom is -0.457 e. The zero-order chi connectivity index (χ0) is 15.6. The average molecular weight is 363 g/mol. The van der Waals surface area contributed by atoms with Crippen LogP contribution in [0.3, 0.4) is 0 Å². The summed E-state index contributed by atoms with van der Waals surface area (Å²) in [5.41, 5.74) is 0.981. The molecule has 0 atom stereocenters. The molecule has 3 aromatic rings. The third-order valence-corrected chi connectivity index (χ3v) is 7.48. The Hall–Kier alpha value is -1.44. The minimum atomic E-state index is 0.0219. The lowest BCUT2D eigenvalue weighted by molar-refractivity contribution is -0.119. The first-order valence-corrected chi connectivity index (χ1v) is 10.2. The van der Waals surface area contributed by atoms with Gasteiger partial charge in [-0.05, 0) is 24.3 Å². The molecule has 118 valence electrons. The van der Waals surface area contributed by atoms with Crippen molar-refractivity contribution in [3.8, 4) is 10.8 Å². The van der Waals surface area contributed by atoms with Crippen LogP contribution in [0.15, 0.2) is 40.8 Å². The highest BCUT2D eigenvalue weighted by Gasteiger charge is 2.23. The van der Waals surface area contributed by atoms with Gasteiger partial charge in [-0.2, -0.15) is 0 Å². The Balaban J connectivity index is 1.45. The zero-order valence-corrected chi connectivity index (χ0v) is 14.6. The highest BCUT2D eigenvalue weighted by Crippen LogP contribution is 2.32. The van der Waals surface area contributed by atoms with Gasteiger partial charge in [0.15, 0.2) is 10.8 Å². The Kier molecular flexibility index (Phi) is 4.33. The molecule has 0 unspecified atom stereocenters. The van der Waals surface area contributed by atoms with Crippen molar-refractivity contribution in [2.75, 3.05) is 11.5 Å². The molecule has 0 aliphatic carbocycles. The number of hydrogen-bond donors (Lipinski definition) is 1. The molecule has 1 aliphatic heterocycles. The molecule has 1 N–H and O–H groups in total. The van der Waals surface area contributed by atoms with Gasteiger partial charge in [-0.1, -0.05) is 12.1 Å². The molecular formula is C16H14N2O2S3. The predicted molar refractivity (Wildman–Crippen MR) is 97.9 cm³/mol. The molecule has 1 amide bonds.